The molecule has 1 fully saturated rings. The van der Waals surface area contributed by atoms with Gasteiger partial charge in [0.15, 0.2) is 0 Å². The molecule has 1 aliphatic rings. The van der Waals surface area contributed by atoms with Gasteiger partial charge in [-0.2, -0.15) is 0 Å². The first kappa shape index (κ1) is 15.8. The molecule has 1 saturated heterocycles. The second-order valence-corrected chi connectivity index (χ2v) is 6.61. The molecule has 0 spiro atoms. The average Bonchev–Trinajstić information content (AvgIpc) is 2.62. The first-order chi connectivity index (χ1) is 9.90. The van der Waals surface area contributed by atoms with Crippen LogP contribution >= 0.6 is 0 Å². The number of hydrogen-bond acceptors (Lipinski definition) is 3. The van der Waals surface area contributed by atoms with Gasteiger partial charge in [-0.1, -0.05) is 13.8 Å². The van der Waals surface area contributed by atoms with Crippen LogP contribution in [0.1, 0.15) is 49.9 Å². The van der Waals surface area contributed by atoms with E-state index in [0.29, 0.717) is 0 Å². The molecule has 0 bridgehead atoms. The van der Waals surface area contributed by atoms with Crippen molar-refractivity contribution in [2.75, 3.05) is 18.0 Å². The van der Waals surface area contributed by atoms with Crippen LogP contribution in [0.3, 0.4) is 0 Å². The summed E-state index contributed by atoms with van der Waals surface area (Å²) < 4.78 is 0. The third-order valence-corrected chi connectivity index (χ3v) is 4.61. The zero-order valence-electron chi connectivity index (χ0n) is 13.7. The van der Waals surface area contributed by atoms with Crippen LogP contribution in [0.2, 0.25) is 0 Å². The minimum Gasteiger partial charge on any atom is -0.384 e. The van der Waals surface area contributed by atoms with Gasteiger partial charge in [0.25, 0.3) is 0 Å². The predicted octanol–water partition coefficient (Wildman–Crippen LogP) is 3.25. The third kappa shape index (κ3) is 3.55. The van der Waals surface area contributed by atoms with Gasteiger partial charge in [0, 0.05) is 18.8 Å². The van der Waals surface area contributed by atoms with E-state index in [4.69, 9.17) is 16.1 Å². The van der Waals surface area contributed by atoms with Crippen molar-refractivity contribution < 1.29 is 0 Å². The lowest BCUT2D eigenvalue weighted by atomic mass is 9.89. The van der Waals surface area contributed by atoms with Gasteiger partial charge < -0.3 is 10.6 Å². The van der Waals surface area contributed by atoms with E-state index in [9.17, 15) is 0 Å². The second kappa shape index (κ2) is 6.46. The summed E-state index contributed by atoms with van der Waals surface area (Å²) >= 11 is 0. The normalized spacial score (nSPS) is 19.7. The van der Waals surface area contributed by atoms with Crippen molar-refractivity contribution in [2.45, 2.75) is 47.0 Å². The van der Waals surface area contributed by atoms with Crippen LogP contribution in [0, 0.1) is 31.1 Å². The summed E-state index contributed by atoms with van der Waals surface area (Å²) in [6.45, 7) is 10.7. The molecule has 2 rings (SSSR count). The molecule has 1 unspecified atom stereocenters. The quantitative estimate of drug-likeness (QED) is 0.663. The highest BCUT2D eigenvalue weighted by molar-refractivity contribution is 6.01. The van der Waals surface area contributed by atoms with Crippen molar-refractivity contribution >= 4 is 11.7 Å². The van der Waals surface area contributed by atoms with E-state index in [2.05, 4.69) is 18.7 Å². The number of nitrogens with zero attached hydrogens (tertiary/aromatic N) is 2. The van der Waals surface area contributed by atoms with Gasteiger partial charge in [0.2, 0.25) is 0 Å². The molecule has 116 valence electrons. The molecule has 1 aliphatic heterocycles. The summed E-state index contributed by atoms with van der Waals surface area (Å²) in [6, 6.07) is 2.01. The molecule has 4 heteroatoms. The highest BCUT2D eigenvalue weighted by Gasteiger charge is 2.23. The molecular weight excluding hydrogens is 260 g/mol. The Hall–Kier alpha value is -1.58. The van der Waals surface area contributed by atoms with E-state index >= 15 is 0 Å². The maximum atomic E-state index is 7.88. The summed E-state index contributed by atoms with van der Waals surface area (Å²) in [6.07, 6.45) is 3.67. The van der Waals surface area contributed by atoms with E-state index in [0.717, 1.165) is 47.6 Å². The number of nitrogens with two attached hydrogens (primary N) is 1. The molecule has 1 atom stereocenters. The molecule has 2 heterocycles. The van der Waals surface area contributed by atoms with Crippen LogP contribution < -0.4 is 10.6 Å². The summed E-state index contributed by atoms with van der Waals surface area (Å²) in [5, 5.41) is 7.88. The molecule has 0 amide bonds. The monoisotopic (exact) mass is 288 g/mol. The van der Waals surface area contributed by atoms with E-state index in [-0.39, 0.29) is 5.84 Å². The maximum absolute atomic E-state index is 7.88. The Labute approximate surface area is 128 Å². The van der Waals surface area contributed by atoms with Gasteiger partial charge >= 0.3 is 0 Å². The van der Waals surface area contributed by atoms with Crippen LogP contribution in [0.25, 0.3) is 0 Å². The molecule has 0 saturated carbocycles. The average molecular weight is 288 g/mol. The van der Waals surface area contributed by atoms with E-state index in [1.807, 2.05) is 19.9 Å². The molecule has 4 nitrogen and oxygen atoms in total. The third-order valence-electron chi connectivity index (χ3n) is 4.61. The van der Waals surface area contributed by atoms with E-state index < -0.39 is 0 Å². The molecule has 0 aliphatic carbocycles. The largest absolute Gasteiger partial charge is 0.384 e. The summed E-state index contributed by atoms with van der Waals surface area (Å²) in [5.74, 6) is 2.56. The Morgan fingerprint density at radius 1 is 1.33 bits per heavy atom. The number of nitrogen functional groups attached to an aromatic ring is 1. The minimum atomic E-state index is 0.125. The number of amidine groups is 1. The van der Waals surface area contributed by atoms with Crippen LogP contribution in [0.15, 0.2) is 6.07 Å². The fourth-order valence-corrected chi connectivity index (χ4v) is 3.38. The van der Waals surface area contributed by atoms with Crippen LogP contribution in [0.4, 0.5) is 5.82 Å². The molecular formula is C17H28N4. The number of rotatable bonds is 3. The summed E-state index contributed by atoms with van der Waals surface area (Å²) in [4.78, 5) is 7.03. The molecule has 3 N–H and O–H groups in total. The van der Waals surface area contributed by atoms with Gasteiger partial charge in [-0.05, 0) is 56.6 Å². The Morgan fingerprint density at radius 3 is 2.67 bits per heavy atom. The lowest BCUT2D eigenvalue weighted by Crippen LogP contribution is -2.29. The van der Waals surface area contributed by atoms with Crippen LogP contribution in [-0.2, 0) is 0 Å². The maximum Gasteiger partial charge on any atom is 0.140 e. The zero-order chi connectivity index (χ0) is 15.6. The smallest absolute Gasteiger partial charge is 0.140 e. The van der Waals surface area contributed by atoms with Crippen LogP contribution in [-0.4, -0.2) is 23.9 Å². The first-order valence-corrected chi connectivity index (χ1v) is 7.97. The summed E-state index contributed by atoms with van der Waals surface area (Å²) in [5.41, 5.74) is 8.66. The second-order valence-electron chi connectivity index (χ2n) is 6.61. The lowest BCUT2D eigenvalue weighted by Gasteiger charge is -2.26. The Bertz CT molecular complexity index is 522. The Kier molecular flexibility index (Phi) is 4.86. The van der Waals surface area contributed by atoms with Crippen molar-refractivity contribution in [1.82, 2.24) is 4.98 Å². The fourth-order valence-electron chi connectivity index (χ4n) is 3.38. The number of aromatic nitrogens is 1. The predicted molar refractivity (Wildman–Crippen MR) is 89.1 cm³/mol. The molecule has 21 heavy (non-hydrogen) atoms. The van der Waals surface area contributed by atoms with Crippen molar-refractivity contribution in [3.8, 4) is 0 Å². The number of aryl methyl sites for hydroxylation is 2. The van der Waals surface area contributed by atoms with Crippen molar-refractivity contribution in [2.24, 2.45) is 17.6 Å². The van der Waals surface area contributed by atoms with Crippen molar-refractivity contribution in [1.29, 1.82) is 5.41 Å². The highest BCUT2D eigenvalue weighted by Crippen LogP contribution is 2.29. The Morgan fingerprint density at radius 2 is 2.05 bits per heavy atom. The fraction of sp³-hybridized carbons (Fsp3) is 0.647. The Balaban J connectivity index is 2.31. The number of anilines is 1. The highest BCUT2D eigenvalue weighted by atomic mass is 15.2. The number of pyridine rings is 1. The SMILES string of the molecule is Cc1cc(C)c(C(=N)N)c(N2CCCC(C(C)C)CC2)n1. The lowest BCUT2D eigenvalue weighted by molar-refractivity contribution is 0.351. The summed E-state index contributed by atoms with van der Waals surface area (Å²) in [7, 11) is 0. The van der Waals surface area contributed by atoms with Crippen molar-refractivity contribution in [3.05, 3.63) is 22.9 Å². The van der Waals surface area contributed by atoms with Gasteiger partial charge in [-0.15, -0.1) is 0 Å². The molecule has 1 aromatic heterocycles. The zero-order valence-corrected chi connectivity index (χ0v) is 13.7. The van der Waals surface area contributed by atoms with E-state index in [1.165, 1.54) is 19.3 Å². The number of nitrogens with one attached hydrogen (secondary N) is 1. The van der Waals surface area contributed by atoms with E-state index in [1.54, 1.807) is 0 Å². The molecule has 0 radical (unpaired) electrons. The minimum absolute atomic E-state index is 0.125. The topological polar surface area (TPSA) is 66.0 Å². The molecule has 0 aromatic carbocycles. The van der Waals surface area contributed by atoms with Gasteiger partial charge in [-0.3, -0.25) is 5.41 Å². The van der Waals surface area contributed by atoms with Crippen molar-refractivity contribution in [3.63, 3.8) is 0 Å². The van der Waals surface area contributed by atoms with Gasteiger partial charge in [0.05, 0.1) is 5.56 Å². The number of hydrogen-bond donors (Lipinski definition) is 2. The van der Waals surface area contributed by atoms with Crippen LogP contribution in [0.5, 0.6) is 0 Å². The molecule has 1 aromatic rings. The van der Waals surface area contributed by atoms with Gasteiger partial charge in [-0.25, -0.2) is 4.98 Å². The first-order valence-electron chi connectivity index (χ1n) is 7.97. The van der Waals surface area contributed by atoms with Gasteiger partial charge in [0.1, 0.15) is 11.7 Å². The standard InChI is InChI=1S/C17H28N4/c1-11(2)14-6-5-8-21(9-7-14)17-15(16(18)19)12(3)10-13(4)20-17/h10-11,14H,5-9H2,1-4H3,(H3,18,19).